The van der Waals surface area contributed by atoms with Crippen LogP contribution in [0, 0.1) is 0 Å². The molecule has 0 saturated heterocycles. The number of amides is 2. The summed E-state index contributed by atoms with van der Waals surface area (Å²) < 4.78 is 15.8. The molecule has 2 aromatic carbocycles. The van der Waals surface area contributed by atoms with Crippen molar-refractivity contribution in [2.45, 2.75) is 0 Å². The molecule has 24 heavy (non-hydrogen) atoms. The number of carbonyl (C=O) groups is 1. The van der Waals surface area contributed by atoms with E-state index in [0.717, 1.165) is 10.2 Å². The van der Waals surface area contributed by atoms with Gasteiger partial charge >= 0.3 is 6.03 Å². The fraction of sp³-hybridized carbons (Fsp3) is 0.188. The summed E-state index contributed by atoms with van der Waals surface area (Å²) in [6.07, 6.45) is 0. The number of hydrogen-bond acceptors (Lipinski definition) is 6. The number of rotatable bonds is 4. The molecule has 126 valence electrons. The lowest BCUT2D eigenvalue weighted by Gasteiger charge is -2.36. The average molecular weight is 331 g/mol. The second kappa shape index (κ2) is 6.17. The van der Waals surface area contributed by atoms with Crippen LogP contribution >= 0.6 is 0 Å². The third kappa shape index (κ3) is 2.42. The maximum atomic E-state index is 12.4. The molecule has 3 rings (SSSR count). The molecule has 1 heterocycles. The highest BCUT2D eigenvalue weighted by molar-refractivity contribution is 6.08. The molecular weight excluding hydrogens is 314 g/mol. The second-order valence-electron chi connectivity index (χ2n) is 4.93. The largest absolute Gasteiger partial charge is 0.493 e. The van der Waals surface area contributed by atoms with Crippen LogP contribution in [0.5, 0.6) is 17.2 Å². The first-order chi connectivity index (χ1) is 11.6. The van der Waals surface area contributed by atoms with E-state index in [2.05, 4.69) is 5.32 Å². The predicted octanol–water partition coefficient (Wildman–Crippen LogP) is 2.88. The normalized spacial score (nSPS) is 13.2. The third-order valence-electron chi connectivity index (χ3n) is 3.64. The first kappa shape index (κ1) is 15.8. The number of fused-ring (bicyclic) bond motifs is 1. The lowest BCUT2D eigenvalue weighted by atomic mass is 10.2. The number of nitrogens with one attached hydrogen (secondary N) is 1. The summed E-state index contributed by atoms with van der Waals surface area (Å²) in [7, 11) is 4.44. The average Bonchev–Trinajstić information content (AvgIpc) is 2.60. The lowest BCUT2D eigenvalue weighted by Crippen LogP contribution is -2.51. The number of carbonyl (C=O) groups excluding carboxylic acids is 1. The van der Waals surface area contributed by atoms with E-state index in [9.17, 15) is 10.0 Å². The summed E-state index contributed by atoms with van der Waals surface area (Å²) in [6, 6.07) is 9.51. The van der Waals surface area contributed by atoms with E-state index in [4.69, 9.17) is 14.2 Å². The van der Waals surface area contributed by atoms with Gasteiger partial charge < -0.3 is 19.5 Å². The smallest absolute Gasteiger partial charge is 0.347 e. The summed E-state index contributed by atoms with van der Waals surface area (Å²) >= 11 is 0. The standard InChI is InChI=1S/C16H17N3O5/c1-22-13-8-10(9-14(23-2)15(13)24-3)18-16(20)17-11-6-4-5-7-12(11)19(18)21/h4-9,21H,1-3H3,(H,17,20). The fourth-order valence-electron chi connectivity index (χ4n) is 2.53. The van der Waals surface area contributed by atoms with Crippen molar-refractivity contribution >= 4 is 23.1 Å². The molecule has 0 spiro atoms. The zero-order valence-corrected chi connectivity index (χ0v) is 13.4. The molecule has 2 aromatic rings. The Morgan fingerprint density at radius 1 is 1.00 bits per heavy atom. The van der Waals surface area contributed by atoms with Gasteiger partial charge in [0, 0.05) is 12.1 Å². The molecule has 0 aromatic heterocycles. The molecule has 2 N–H and O–H groups in total. The van der Waals surface area contributed by atoms with Crippen LogP contribution in [0.15, 0.2) is 36.4 Å². The molecule has 0 atom stereocenters. The number of anilines is 3. The molecule has 8 heteroatoms. The number of nitrogens with zero attached hydrogens (tertiary/aromatic N) is 2. The molecule has 0 radical (unpaired) electrons. The Morgan fingerprint density at radius 3 is 2.21 bits per heavy atom. The van der Waals surface area contributed by atoms with Gasteiger partial charge in [0.1, 0.15) is 5.69 Å². The molecule has 0 fully saturated rings. The van der Waals surface area contributed by atoms with Crippen molar-refractivity contribution in [3.63, 3.8) is 0 Å². The van der Waals surface area contributed by atoms with E-state index in [0.29, 0.717) is 34.3 Å². The topological polar surface area (TPSA) is 83.5 Å². The zero-order valence-electron chi connectivity index (χ0n) is 13.4. The fourth-order valence-corrected chi connectivity index (χ4v) is 2.53. The summed E-state index contributed by atoms with van der Waals surface area (Å²) in [5, 5.41) is 15.0. The quantitative estimate of drug-likeness (QED) is 0.896. The van der Waals surface area contributed by atoms with Gasteiger partial charge in [-0.3, -0.25) is 5.21 Å². The van der Waals surface area contributed by atoms with Crippen molar-refractivity contribution in [1.29, 1.82) is 0 Å². The molecule has 0 bridgehead atoms. The van der Waals surface area contributed by atoms with E-state index in [1.165, 1.54) is 21.3 Å². The van der Waals surface area contributed by atoms with Gasteiger partial charge in [-0.1, -0.05) is 12.1 Å². The molecule has 0 saturated carbocycles. The Balaban J connectivity index is 2.10. The number of hydrazine groups is 1. The minimum Gasteiger partial charge on any atom is -0.493 e. The van der Waals surface area contributed by atoms with E-state index in [1.807, 2.05) is 0 Å². The highest BCUT2D eigenvalue weighted by Crippen LogP contribution is 2.42. The van der Waals surface area contributed by atoms with E-state index in [-0.39, 0.29) is 0 Å². The lowest BCUT2D eigenvalue weighted by molar-refractivity contribution is 0.221. The van der Waals surface area contributed by atoms with Crippen molar-refractivity contribution in [1.82, 2.24) is 0 Å². The van der Waals surface area contributed by atoms with Crippen molar-refractivity contribution in [2.75, 3.05) is 36.8 Å². The zero-order chi connectivity index (χ0) is 17.3. The van der Waals surface area contributed by atoms with Crippen molar-refractivity contribution in [3.8, 4) is 17.2 Å². The minimum absolute atomic E-state index is 0.346. The van der Waals surface area contributed by atoms with E-state index in [1.54, 1.807) is 36.4 Å². The van der Waals surface area contributed by atoms with Gasteiger partial charge in [0.15, 0.2) is 11.5 Å². The minimum atomic E-state index is -0.523. The first-order valence-corrected chi connectivity index (χ1v) is 7.09. The molecule has 2 amide bonds. The Labute approximate surface area is 138 Å². The number of benzene rings is 2. The molecular formula is C16H17N3O5. The van der Waals surface area contributed by atoms with Gasteiger partial charge in [0.05, 0.1) is 32.7 Å². The number of para-hydroxylation sites is 2. The van der Waals surface area contributed by atoms with Crippen LogP contribution in [0.25, 0.3) is 0 Å². The SMILES string of the molecule is COc1cc(N2C(=O)Nc3ccccc3N2O)cc(OC)c1OC. The Bertz CT molecular complexity index is 755. The molecule has 8 nitrogen and oxygen atoms in total. The van der Waals surface area contributed by atoms with E-state index < -0.39 is 6.03 Å². The van der Waals surface area contributed by atoms with Gasteiger partial charge in [0.25, 0.3) is 0 Å². The van der Waals surface area contributed by atoms with Crippen molar-refractivity contribution < 1.29 is 24.2 Å². The van der Waals surface area contributed by atoms with Crippen molar-refractivity contribution in [2.24, 2.45) is 0 Å². The molecule has 1 aliphatic heterocycles. The maximum absolute atomic E-state index is 12.4. The first-order valence-electron chi connectivity index (χ1n) is 7.09. The summed E-state index contributed by atoms with van der Waals surface area (Å²) in [5.74, 6) is 1.13. The molecule has 0 aliphatic carbocycles. The number of urea groups is 1. The Hall–Kier alpha value is -3.13. The Kier molecular flexibility index (Phi) is 4.05. The van der Waals surface area contributed by atoms with Gasteiger partial charge in [-0.2, -0.15) is 10.2 Å². The highest BCUT2D eigenvalue weighted by atomic mass is 16.6. The highest BCUT2D eigenvalue weighted by Gasteiger charge is 2.31. The van der Waals surface area contributed by atoms with Gasteiger partial charge in [-0.15, -0.1) is 0 Å². The van der Waals surface area contributed by atoms with Gasteiger partial charge in [0.2, 0.25) is 5.75 Å². The van der Waals surface area contributed by atoms with Gasteiger partial charge in [-0.05, 0) is 12.1 Å². The van der Waals surface area contributed by atoms with Crippen LogP contribution < -0.4 is 29.7 Å². The molecule has 1 aliphatic rings. The van der Waals surface area contributed by atoms with Crippen LogP contribution in [0.3, 0.4) is 0 Å². The number of hydrogen-bond donors (Lipinski definition) is 2. The van der Waals surface area contributed by atoms with E-state index >= 15 is 0 Å². The van der Waals surface area contributed by atoms with Crippen LogP contribution in [0.2, 0.25) is 0 Å². The second-order valence-corrected chi connectivity index (χ2v) is 4.93. The van der Waals surface area contributed by atoms with Crippen LogP contribution in [0.1, 0.15) is 0 Å². The summed E-state index contributed by atoms with van der Waals surface area (Å²) in [5.41, 5.74) is 1.29. The maximum Gasteiger partial charge on any atom is 0.347 e. The van der Waals surface area contributed by atoms with Crippen LogP contribution in [0.4, 0.5) is 21.9 Å². The predicted molar refractivity (Wildman–Crippen MR) is 88.3 cm³/mol. The van der Waals surface area contributed by atoms with Crippen LogP contribution in [-0.2, 0) is 0 Å². The van der Waals surface area contributed by atoms with Crippen LogP contribution in [-0.4, -0.2) is 32.6 Å². The molecule has 0 unspecified atom stereocenters. The van der Waals surface area contributed by atoms with Gasteiger partial charge in [-0.25, -0.2) is 4.79 Å². The third-order valence-corrected chi connectivity index (χ3v) is 3.64. The number of methoxy groups -OCH3 is 3. The monoisotopic (exact) mass is 331 g/mol. The Morgan fingerprint density at radius 2 is 1.62 bits per heavy atom. The van der Waals surface area contributed by atoms with Crippen molar-refractivity contribution in [3.05, 3.63) is 36.4 Å². The summed E-state index contributed by atoms with van der Waals surface area (Å²) in [6.45, 7) is 0. The summed E-state index contributed by atoms with van der Waals surface area (Å²) in [4.78, 5) is 12.4. The number of ether oxygens (including phenoxy) is 3.